The number of nitro groups is 1. The molecule has 0 atom stereocenters. The Morgan fingerprint density at radius 2 is 2.09 bits per heavy atom. The van der Waals surface area contributed by atoms with Crippen molar-refractivity contribution < 1.29 is 9.72 Å². The van der Waals surface area contributed by atoms with Gasteiger partial charge in [-0.05, 0) is 37.9 Å². The summed E-state index contributed by atoms with van der Waals surface area (Å²) in [6.07, 6.45) is 3.10. The molecular weight excluding hydrogens is 284 g/mol. The minimum Gasteiger partial charge on any atom is -0.377 e. The van der Waals surface area contributed by atoms with Gasteiger partial charge in [0.2, 0.25) is 0 Å². The SMILES string of the molecule is CCCNCCNC(=O)c1ccc(NC2CC2)c([N+](=O)[O-])c1. The molecule has 120 valence electrons. The van der Waals surface area contributed by atoms with E-state index in [2.05, 4.69) is 22.9 Å². The van der Waals surface area contributed by atoms with E-state index in [1.807, 2.05) is 0 Å². The van der Waals surface area contributed by atoms with Crippen molar-refractivity contribution >= 4 is 17.3 Å². The molecule has 1 amide bonds. The highest BCUT2D eigenvalue weighted by Gasteiger charge is 2.25. The van der Waals surface area contributed by atoms with Crippen LogP contribution in [0.25, 0.3) is 0 Å². The van der Waals surface area contributed by atoms with Gasteiger partial charge in [-0.2, -0.15) is 0 Å². The molecule has 1 aliphatic rings. The Morgan fingerprint density at radius 3 is 2.73 bits per heavy atom. The number of benzene rings is 1. The van der Waals surface area contributed by atoms with Crippen LogP contribution in [0.1, 0.15) is 36.5 Å². The molecule has 1 aliphatic carbocycles. The fourth-order valence-electron chi connectivity index (χ4n) is 2.06. The fourth-order valence-corrected chi connectivity index (χ4v) is 2.06. The van der Waals surface area contributed by atoms with Crippen LogP contribution < -0.4 is 16.0 Å². The molecule has 0 bridgehead atoms. The van der Waals surface area contributed by atoms with Crippen LogP contribution in [-0.2, 0) is 0 Å². The molecule has 0 heterocycles. The lowest BCUT2D eigenvalue weighted by Crippen LogP contribution is -2.32. The predicted molar refractivity (Wildman–Crippen MR) is 85.2 cm³/mol. The van der Waals surface area contributed by atoms with Gasteiger partial charge in [0.05, 0.1) is 4.92 Å². The molecule has 3 N–H and O–H groups in total. The molecule has 0 spiro atoms. The first kappa shape index (κ1) is 16.2. The summed E-state index contributed by atoms with van der Waals surface area (Å²) in [7, 11) is 0. The first-order valence-corrected chi connectivity index (χ1v) is 7.65. The summed E-state index contributed by atoms with van der Waals surface area (Å²) in [5.41, 5.74) is 0.737. The number of hydrogen-bond donors (Lipinski definition) is 3. The molecule has 1 aromatic rings. The minimum atomic E-state index is -0.454. The van der Waals surface area contributed by atoms with E-state index >= 15 is 0 Å². The fraction of sp³-hybridized carbons (Fsp3) is 0.533. The van der Waals surface area contributed by atoms with Gasteiger partial charge in [0.25, 0.3) is 11.6 Å². The Morgan fingerprint density at radius 1 is 1.32 bits per heavy atom. The number of hydrogen-bond acceptors (Lipinski definition) is 5. The highest BCUT2D eigenvalue weighted by molar-refractivity contribution is 5.95. The second kappa shape index (κ2) is 7.74. The monoisotopic (exact) mass is 306 g/mol. The lowest BCUT2D eigenvalue weighted by atomic mass is 10.1. The third-order valence-corrected chi connectivity index (χ3v) is 3.41. The molecule has 7 heteroatoms. The van der Waals surface area contributed by atoms with Gasteiger partial charge in [-0.15, -0.1) is 0 Å². The molecule has 0 unspecified atom stereocenters. The third kappa shape index (κ3) is 4.70. The summed E-state index contributed by atoms with van der Waals surface area (Å²) in [6, 6.07) is 4.88. The maximum absolute atomic E-state index is 12.0. The highest BCUT2D eigenvalue weighted by Crippen LogP contribution is 2.31. The molecule has 0 radical (unpaired) electrons. The van der Waals surface area contributed by atoms with Gasteiger partial charge < -0.3 is 16.0 Å². The first-order valence-electron chi connectivity index (χ1n) is 7.65. The first-order chi connectivity index (χ1) is 10.6. The molecule has 0 aliphatic heterocycles. The van der Waals surface area contributed by atoms with E-state index in [9.17, 15) is 14.9 Å². The molecule has 1 fully saturated rings. The summed E-state index contributed by atoms with van der Waals surface area (Å²) in [5.74, 6) is -0.292. The third-order valence-electron chi connectivity index (χ3n) is 3.41. The number of nitrogens with one attached hydrogen (secondary N) is 3. The summed E-state index contributed by atoms with van der Waals surface area (Å²) in [4.78, 5) is 22.7. The Bertz CT molecular complexity index is 544. The minimum absolute atomic E-state index is 0.0522. The summed E-state index contributed by atoms with van der Waals surface area (Å²) < 4.78 is 0. The second-order valence-corrected chi connectivity index (χ2v) is 5.41. The highest BCUT2D eigenvalue weighted by atomic mass is 16.6. The second-order valence-electron chi connectivity index (χ2n) is 5.41. The summed E-state index contributed by atoms with van der Waals surface area (Å²) in [6.45, 7) is 4.16. The van der Waals surface area contributed by atoms with E-state index in [0.29, 0.717) is 30.4 Å². The predicted octanol–water partition coefficient (Wildman–Crippen LogP) is 1.90. The summed E-state index contributed by atoms with van der Waals surface area (Å²) >= 11 is 0. The molecule has 1 saturated carbocycles. The van der Waals surface area contributed by atoms with Crippen LogP contribution >= 0.6 is 0 Å². The normalized spacial score (nSPS) is 13.7. The van der Waals surface area contributed by atoms with Crippen LogP contribution in [0.3, 0.4) is 0 Å². The van der Waals surface area contributed by atoms with E-state index < -0.39 is 4.92 Å². The number of nitro benzene ring substituents is 1. The van der Waals surface area contributed by atoms with Gasteiger partial charge in [-0.3, -0.25) is 14.9 Å². The van der Waals surface area contributed by atoms with E-state index in [0.717, 1.165) is 25.8 Å². The van der Waals surface area contributed by atoms with Gasteiger partial charge >= 0.3 is 0 Å². The zero-order valence-corrected chi connectivity index (χ0v) is 12.7. The molecular formula is C15H22N4O3. The van der Waals surface area contributed by atoms with Gasteiger partial charge in [0.1, 0.15) is 5.69 Å². The molecule has 2 rings (SSSR count). The lowest BCUT2D eigenvalue weighted by Gasteiger charge is -2.09. The zero-order chi connectivity index (χ0) is 15.9. The topological polar surface area (TPSA) is 96.3 Å². The summed E-state index contributed by atoms with van der Waals surface area (Å²) in [5, 5.41) is 20.2. The van der Waals surface area contributed by atoms with E-state index in [4.69, 9.17) is 0 Å². The van der Waals surface area contributed by atoms with Crippen molar-refractivity contribution in [1.82, 2.24) is 10.6 Å². The van der Waals surface area contributed by atoms with E-state index in [-0.39, 0.29) is 11.6 Å². The Kier molecular flexibility index (Phi) is 5.71. The maximum atomic E-state index is 12.0. The number of carbonyl (C=O) groups excluding carboxylic acids is 1. The zero-order valence-electron chi connectivity index (χ0n) is 12.7. The Labute approximate surface area is 129 Å². The molecule has 7 nitrogen and oxygen atoms in total. The Hall–Kier alpha value is -2.15. The average molecular weight is 306 g/mol. The largest absolute Gasteiger partial charge is 0.377 e. The number of anilines is 1. The van der Waals surface area contributed by atoms with Crippen molar-refractivity contribution in [3.8, 4) is 0 Å². The van der Waals surface area contributed by atoms with Crippen molar-refractivity contribution in [3.63, 3.8) is 0 Å². The number of carbonyl (C=O) groups is 1. The smallest absolute Gasteiger partial charge is 0.293 e. The quantitative estimate of drug-likeness (QED) is 0.368. The van der Waals surface area contributed by atoms with Gasteiger partial charge in [0.15, 0.2) is 0 Å². The van der Waals surface area contributed by atoms with Crippen LogP contribution in [0.4, 0.5) is 11.4 Å². The standard InChI is InChI=1S/C15H22N4O3/c1-2-7-16-8-9-17-15(20)11-3-6-13(18-12-4-5-12)14(10-11)19(21)22/h3,6,10,12,16,18H,2,4-5,7-9H2,1H3,(H,17,20). The van der Waals surface area contributed by atoms with Gasteiger partial charge in [-0.25, -0.2) is 0 Å². The van der Waals surface area contributed by atoms with Crippen molar-refractivity contribution in [3.05, 3.63) is 33.9 Å². The van der Waals surface area contributed by atoms with Crippen LogP contribution in [0.15, 0.2) is 18.2 Å². The average Bonchev–Trinajstić information content (AvgIpc) is 3.31. The van der Waals surface area contributed by atoms with Crippen LogP contribution in [0.5, 0.6) is 0 Å². The van der Waals surface area contributed by atoms with Gasteiger partial charge in [0, 0.05) is 30.8 Å². The van der Waals surface area contributed by atoms with Crippen molar-refractivity contribution in [1.29, 1.82) is 0 Å². The van der Waals surface area contributed by atoms with Crippen LogP contribution in [0, 0.1) is 10.1 Å². The van der Waals surface area contributed by atoms with E-state index in [1.54, 1.807) is 12.1 Å². The van der Waals surface area contributed by atoms with Crippen molar-refractivity contribution in [2.45, 2.75) is 32.2 Å². The molecule has 1 aromatic carbocycles. The van der Waals surface area contributed by atoms with Crippen molar-refractivity contribution in [2.24, 2.45) is 0 Å². The van der Waals surface area contributed by atoms with Crippen LogP contribution in [0.2, 0.25) is 0 Å². The number of rotatable bonds is 9. The Balaban J connectivity index is 1.96. The number of nitrogens with zero attached hydrogens (tertiary/aromatic N) is 1. The molecule has 0 saturated heterocycles. The van der Waals surface area contributed by atoms with Crippen molar-refractivity contribution in [2.75, 3.05) is 25.0 Å². The maximum Gasteiger partial charge on any atom is 0.293 e. The van der Waals surface area contributed by atoms with E-state index in [1.165, 1.54) is 6.07 Å². The van der Waals surface area contributed by atoms with Crippen LogP contribution in [-0.4, -0.2) is 36.5 Å². The molecule has 0 aromatic heterocycles. The lowest BCUT2D eigenvalue weighted by molar-refractivity contribution is -0.384. The van der Waals surface area contributed by atoms with Gasteiger partial charge in [-0.1, -0.05) is 6.92 Å². The number of amides is 1. The molecule has 22 heavy (non-hydrogen) atoms.